The molecule has 0 amide bonds. The molecule has 1 aliphatic rings. The van der Waals surface area contributed by atoms with Crippen molar-refractivity contribution in [3.63, 3.8) is 0 Å². The van der Waals surface area contributed by atoms with Crippen LogP contribution in [0.5, 0.6) is 5.75 Å². The summed E-state index contributed by atoms with van der Waals surface area (Å²) in [5.74, 6) is 0.819. The van der Waals surface area contributed by atoms with Crippen molar-refractivity contribution in [3.05, 3.63) is 29.8 Å². The molecule has 1 heterocycles. The Bertz CT molecular complexity index is 375. The van der Waals surface area contributed by atoms with E-state index in [9.17, 15) is 5.11 Å². The van der Waals surface area contributed by atoms with Crippen LogP contribution in [0.15, 0.2) is 24.3 Å². The van der Waals surface area contributed by atoms with Gasteiger partial charge in [0.15, 0.2) is 0 Å². The minimum atomic E-state index is -0.484. The number of nitrogens with zero attached hydrogens (tertiary/aromatic N) is 1. The van der Waals surface area contributed by atoms with E-state index in [1.807, 2.05) is 12.1 Å². The average Bonchev–Trinajstić information content (AvgIpc) is 2.52. The van der Waals surface area contributed by atoms with E-state index in [1.165, 1.54) is 24.8 Å². The highest BCUT2D eigenvalue weighted by Crippen LogP contribution is 2.12. The molecule has 0 radical (unpaired) electrons. The minimum absolute atomic E-state index is 0.326. The summed E-state index contributed by atoms with van der Waals surface area (Å²) in [6.45, 7) is 5.16. The summed E-state index contributed by atoms with van der Waals surface area (Å²) in [5.41, 5.74) is 4.58. The maximum atomic E-state index is 9.93. The normalized spacial score (nSPS) is 17.9. The lowest BCUT2D eigenvalue weighted by atomic mass is 10.2. The van der Waals surface area contributed by atoms with Gasteiger partial charge in [0.25, 0.3) is 0 Å². The summed E-state index contributed by atoms with van der Waals surface area (Å²) in [6.07, 6.45) is 4.34. The number of hydrazine groups is 1. The molecule has 1 unspecified atom stereocenters. The average molecular weight is 278 g/mol. The molecule has 0 aliphatic carbocycles. The second-order valence-corrected chi connectivity index (χ2v) is 5.37. The lowest BCUT2D eigenvalue weighted by Crippen LogP contribution is -2.46. The van der Waals surface area contributed by atoms with Crippen molar-refractivity contribution in [2.75, 3.05) is 26.2 Å². The van der Waals surface area contributed by atoms with Gasteiger partial charge in [0.1, 0.15) is 18.5 Å². The Morgan fingerprint density at radius 1 is 1.20 bits per heavy atom. The highest BCUT2D eigenvalue weighted by molar-refractivity contribution is 5.27. The second kappa shape index (κ2) is 8.25. The van der Waals surface area contributed by atoms with Crippen LogP contribution in [0.4, 0.5) is 0 Å². The van der Waals surface area contributed by atoms with Gasteiger partial charge in [0, 0.05) is 19.6 Å². The van der Waals surface area contributed by atoms with Gasteiger partial charge in [-0.2, -0.15) is 0 Å². The molecule has 0 saturated carbocycles. The van der Waals surface area contributed by atoms with Crippen molar-refractivity contribution in [1.29, 1.82) is 0 Å². The standard InChI is InChI=1S/C16H26N2O2/c1-2-14-6-8-16(9-7-14)20-13-15(19)12-17-18-10-4-3-5-11-18/h6-9,15,17,19H,2-5,10-13H2,1H3. The van der Waals surface area contributed by atoms with Crippen LogP contribution < -0.4 is 10.2 Å². The van der Waals surface area contributed by atoms with Crippen molar-refractivity contribution < 1.29 is 9.84 Å². The molecule has 1 aliphatic heterocycles. The van der Waals surface area contributed by atoms with E-state index in [1.54, 1.807) is 0 Å². The largest absolute Gasteiger partial charge is 0.491 e. The predicted molar refractivity (Wildman–Crippen MR) is 80.7 cm³/mol. The molecule has 0 bridgehead atoms. The fourth-order valence-electron chi connectivity index (χ4n) is 2.36. The number of benzene rings is 1. The quantitative estimate of drug-likeness (QED) is 0.800. The molecule has 1 fully saturated rings. The van der Waals surface area contributed by atoms with Crippen molar-refractivity contribution >= 4 is 0 Å². The first-order valence-corrected chi connectivity index (χ1v) is 7.66. The van der Waals surface area contributed by atoms with Gasteiger partial charge in [-0.1, -0.05) is 25.5 Å². The lowest BCUT2D eigenvalue weighted by Gasteiger charge is -2.28. The molecule has 1 atom stereocenters. The second-order valence-electron chi connectivity index (χ2n) is 5.37. The van der Waals surface area contributed by atoms with Crippen LogP contribution in [0.2, 0.25) is 0 Å². The van der Waals surface area contributed by atoms with Gasteiger partial charge in [-0.25, -0.2) is 5.01 Å². The monoisotopic (exact) mass is 278 g/mol. The van der Waals surface area contributed by atoms with Crippen LogP contribution in [-0.4, -0.2) is 42.5 Å². The summed E-state index contributed by atoms with van der Waals surface area (Å²) in [6, 6.07) is 8.05. The third-order valence-electron chi connectivity index (χ3n) is 3.68. The Labute approximate surface area is 121 Å². The van der Waals surface area contributed by atoms with E-state index in [2.05, 4.69) is 29.5 Å². The van der Waals surface area contributed by atoms with Crippen LogP contribution in [0, 0.1) is 0 Å². The zero-order valence-corrected chi connectivity index (χ0v) is 12.3. The Morgan fingerprint density at radius 2 is 1.90 bits per heavy atom. The van der Waals surface area contributed by atoms with E-state index in [4.69, 9.17) is 4.74 Å². The number of hydrogen-bond acceptors (Lipinski definition) is 4. The van der Waals surface area contributed by atoms with Gasteiger partial charge in [0.05, 0.1) is 0 Å². The first kappa shape index (κ1) is 15.3. The van der Waals surface area contributed by atoms with E-state index in [0.717, 1.165) is 25.3 Å². The molecule has 0 spiro atoms. The first-order valence-electron chi connectivity index (χ1n) is 7.66. The number of aliphatic hydroxyl groups excluding tert-OH is 1. The van der Waals surface area contributed by atoms with E-state index in [-0.39, 0.29) is 0 Å². The molecule has 4 heteroatoms. The van der Waals surface area contributed by atoms with Crippen LogP contribution in [-0.2, 0) is 6.42 Å². The summed E-state index contributed by atoms with van der Waals surface area (Å²) >= 11 is 0. The number of aliphatic hydroxyl groups is 1. The molecule has 2 N–H and O–H groups in total. The highest BCUT2D eigenvalue weighted by Gasteiger charge is 2.12. The first-order chi connectivity index (χ1) is 9.78. The van der Waals surface area contributed by atoms with Crippen molar-refractivity contribution in [2.24, 2.45) is 0 Å². The number of nitrogens with one attached hydrogen (secondary N) is 1. The van der Waals surface area contributed by atoms with Crippen molar-refractivity contribution in [2.45, 2.75) is 38.7 Å². The van der Waals surface area contributed by atoms with Crippen molar-refractivity contribution in [1.82, 2.24) is 10.4 Å². The Balaban J connectivity index is 1.64. The third kappa shape index (κ3) is 5.12. The zero-order valence-electron chi connectivity index (χ0n) is 12.3. The van der Waals surface area contributed by atoms with E-state index in [0.29, 0.717) is 13.2 Å². The molecule has 112 valence electrons. The fraction of sp³-hybridized carbons (Fsp3) is 0.625. The fourth-order valence-corrected chi connectivity index (χ4v) is 2.36. The molecule has 2 rings (SSSR count). The molecular formula is C16H26N2O2. The molecule has 4 nitrogen and oxygen atoms in total. The van der Waals surface area contributed by atoms with Gasteiger partial charge in [0.2, 0.25) is 0 Å². The number of rotatable bonds is 7. The zero-order chi connectivity index (χ0) is 14.2. The number of piperidine rings is 1. The van der Waals surface area contributed by atoms with Gasteiger partial charge >= 0.3 is 0 Å². The molecule has 1 saturated heterocycles. The Hall–Kier alpha value is -1.10. The topological polar surface area (TPSA) is 44.7 Å². The summed E-state index contributed by atoms with van der Waals surface area (Å²) < 4.78 is 5.60. The molecule has 1 aromatic carbocycles. The lowest BCUT2D eigenvalue weighted by molar-refractivity contribution is 0.0684. The Morgan fingerprint density at radius 3 is 2.55 bits per heavy atom. The van der Waals surface area contributed by atoms with Crippen LogP contribution in [0.25, 0.3) is 0 Å². The van der Waals surface area contributed by atoms with Gasteiger partial charge in [-0.3, -0.25) is 5.43 Å². The highest BCUT2D eigenvalue weighted by atomic mass is 16.5. The van der Waals surface area contributed by atoms with Gasteiger partial charge < -0.3 is 9.84 Å². The SMILES string of the molecule is CCc1ccc(OCC(O)CNN2CCCCC2)cc1. The number of ether oxygens (including phenoxy) is 1. The molecule has 0 aromatic heterocycles. The Kier molecular flexibility index (Phi) is 6.30. The van der Waals surface area contributed by atoms with Crippen LogP contribution >= 0.6 is 0 Å². The number of aryl methyl sites for hydroxylation is 1. The van der Waals surface area contributed by atoms with E-state index < -0.39 is 6.10 Å². The van der Waals surface area contributed by atoms with Gasteiger partial charge in [-0.05, 0) is 37.0 Å². The van der Waals surface area contributed by atoms with Crippen molar-refractivity contribution in [3.8, 4) is 5.75 Å². The van der Waals surface area contributed by atoms with Crippen LogP contribution in [0.1, 0.15) is 31.7 Å². The van der Waals surface area contributed by atoms with Crippen LogP contribution in [0.3, 0.4) is 0 Å². The summed E-state index contributed by atoms with van der Waals surface area (Å²) in [7, 11) is 0. The van der Waals surface area contributed by atoms with Gasteiger partial charge in [-0.15, -0.1) is 0 Å². The maximum Gasteiger partial charge on any atom is 0.119 e. The minimum Gasteiger partial charge on any atom is -0.491 e. The van der Waals surface area contributed by atoms with E-state index >= 15 is 0 Å². The summed E-state index contributed by atoms with van der Waals surface area (Å²) in [5, 5.41) is 12.1. The maximum absolute atomic E-state index is 9.93. The molecule has 20 heavy (non-hydrogen) atoms. The molecular weight excluding hydrogens is 252 g/mol. The predicted octanol–water partition coefficient (Wildman–Crippen LogP) is 1.98. The third-order valence-corrected chi connectivity index (χ3v) is 3.68. The smallest absolute Gasteiger partial charge is 0.119 e. The number of hydrogen-bond donors (Lipinski definition) is 2. The summed E-state index contributed by atoms with van der Waals surface area (Å²) in [4.78, 5) is 0. The molecule has 1 aromatic rings.